The molecule has 6 nitrogen and oxygen atoms in total. The number of benzene rings is 7. The van der Waals surface area contributed by atoms with Gasteiger partial charge in [-0.05, 0) is 71.4 Å². The van der Waals surface area contributed by atoms with Crippen LogP contribution in [-0.2, 0) is 10.1 Å². The molecule has 0 unspecified atom stereocenters. The summed E-state index contributed by atoms with van der Waals surface area (Å²) in [7, 11) is -6.02. The van der Waals surface area contributed by atoms with Crippen LogP contribution in [0.4, 0.5) is 47.3 Å². The Kier molecular flexibility index (Phi) is 7.88. The number of alkyl halides is 3. The molecular weight excluding hydrogens is 674 g/mol. The predicted octanol–water partition coefficient (Wildman–Crippen LogP) is 11.9. The van der Waals surface area contributed by atoms with Crippen molar-refractivity contribution < 1.29 is 30.2 Å². The van der Waals surface area contributed by atoms with Gasteiger partial charge in [0.25, 0.3) is 0 Å². The quantitative estimate of drug-likeness (QED) is 0.116. The second-order valence-electron chi connectivity index (χ2n) is 11.7. The molecule has 0 aliphatic rings. The summed E-state index contributed by atoms with van der Waals surface area (Å²) < 4.78 is 77.9. The monoisotopic (exact) mass is 700 g/mol. The van der Waals surface area contributed by atoms with Gasteiger partial charge in [0.1, 0.15) is 5.75 Å². The summed E-state index contributed by atoms with van der Waals surface area (Å²) in [5, 5.41) is 2.53. The molecule has 0 saturated carbocycles. The number of fused-ring (bicyclic) bond motifs is 5. The van der Waals surface area contributed by atoms with Crippen LogP contribution in [0.25, 0.3) is 32.7 Å². The van der Waals surface area contributed by atoms with E-state index in [1.165, 1.54) is 12.1 Å². The second kappa shape index (κ2) is 12.6. The van der Waals surface area contributed by atoms with Gasteiger partial charge in [-0.15, -0.1) is 0 Å². The van der Waals surface area contributed by atoms with Crippen molar-refractivity contribution in [2.75, 3.05) is 9.80 Å². The first-order valence-corrected chi connectivity index (χ1v) is 17.3. The van der Waals surface area contributed by atoms with Crippen LogP contribution in [0.1, 0.15) is 0 Å². The van der Waals surface area contributed by atoms with Crippen LogP contribution in [0.3, 0.4) is 0 Å². The summed E-state index contributed by atoms with van der Waals surface area (Å²) >= 11 is 0. The lowest BCUT2D eigenvalue weighted by molar-refractivity contribution is -0.0500. The molecule has 0 aliphatic carbocycles. The zero-order chi connectivity index (χ0) is 35.2. The fourth-order valence-corrected chi connectivity index (χ4v) is 6.83. The Labute approximate surface area is 291 Å². The Hall–Kier alpha value is -6.26. The number of rotatable bonds is 8. The van der Waals surface area contributed by atoms with E-state index in [1.807, 2.05) is 152 Å². The number of anilines is 6. The van der Waals surface area contributed by atoms with Gasteiger partial charge in [-0.2, -0.15) is 21.6 Å². The molecule has 10 heteroatoms. The molecule has 0 atom stereocenters. The zero-order valence-electron chi connectivity index (χ0n) is 26.7. The van der Waals surface area contributed by atoms with Crippen molar-refractivity contribution in [3.05, 3.63) is 164 Å². The highest BCUT2D eigenvalue weighted by Gasteiger charge is 2.48. The molecule has 0 N–H and O–H groups in total. The summed E-state index contributed by atoms with van der Waals surface area (Å²) in [6.07, 6.45) is 0. The van der Waals surface area contributed by atoms with Gasteiger partial charge in [-0.1, -0.05) is 97.1 Å². The third-order valence-electron chi connectivity index (χ3n) is 8.53. The Morgan fingerprint density at radius 3 is 1.41 bits per heavy atom. The fourth-order valence-electron chi connectivity index (χ4n) is 6.38. The second-order valence-corrected chi connectivity index (χ2v) is 13.3. The highest BCUT2D eigenvalue weighted by Crippen LogP contribution is 2.50. The molecule has 51 heavy (non-hydrogen) atoms. The molecule has 7 aromatic carbocycles. The highest BCUT2D eigenvalue weighted by atomic mass is 32.2. The van der Waals surface area contributed by atoms with Crippen molar-refractivity contribution in [1.29, 1.82) is 0 Å². The molecule has 8 rings (SSSR count). The molecule has 8 aromatic rings. The van der Waals surface area contributed by atoms with E-state index in [9.17, 15) is 21.6 Å². The number of hydrogen-bond acceptors (Lipinski definition) is 6. The predicted molar refractivity (Wildman–Crippen MR) is 196 cm³/mol. The van der Waals surface area contributed by atoms with Crippen LogP contribution < -0.4 is 14.0 Å². The van der Waals surface area contributed by atoms with Crippen molar-refractivity contribution in [2.24, 2.45) is 0 Å². The minimum atomic E-state index is -6.02. The lowest BCUT2D eigenvalue weighted by atomic mass is 10.0. The van der Waals surface area contributed by atoms with Gasteiger partial charge in [0.15, 0.2) is 11.2 Å². The van der Waals surface area contributed by atoms with Crippen molar-refractivity contribution in [3.8, 4) is 5.75 Å². The third kappa shape index (κ3) is 5.79. The summed E-state index contributed by atoms with van der Waals surface area (Å²) in [4.78, 5) is 3.85. The Bertz CT molecular complexity index is 2540. The minimum Gasteiger partial charge on any atom is -0.452 e. The van der Waals surface area contributed by atoms with Crippen LogP contribution >= 0.6 is 0 Å². The number of halogens is 3. The lowest BCUT2D eigenvalue weighted by Crippen LogP contribution is -2.28. The highest BCUT2D eigenvalue weighted by molar-refractivity contribution is 7.88. The van der Waals surface area contributed by atoms with E-state index in [-0.39, 0.29) is 5.69 Å². The fraction of sp³-hybridized carbons (Fsp3) is 0.0244. The Balaban J connectivity index is 1.52. The number of nitrogens with zero attached hydrogens (tertiary/aromatic N) is 2. The van der Waals surface area contributed by atoms with E-state index in [4.69, 9.17) is 8.60 Å². The molecule has 0 aliphatic heterocycles. The molecule has 1 aromatic heterocycles. The van der Waals surface area contributed by atoms with Crippen molar-refractivity contribution >= 4 is 77.0 Å². The maximum Gasteiger partial charge on any atom is 0.534 e. The van der Waals surface area contributed by atoms with E-state index in [0.717, 1.165) is 22.1 Å². The molecule has 1 heterocycles. The summed E-state index contributed by atoms with van der Waals surface area (Å²) in [5.41, 5.74) is -0.960. The first-order chi connectivity index (χ1) is 24.7. The number of para-hydroxylation sites is 4. The van der Waals surface area contributed by atoms with Gasteiger partial charge in [-0.3, -0.25) is 0 Å². The first kappa shape index (κ1) is 32.0. The van der Waals surface area contributed by atoms with Crippen LogP contribution in [-0.4, -0.2) is 13.9 Å². The normalized spacial score (nSPS) is 12.0. The molecule has 0 fully saturated rings. The minimum absolute atomic E-state index is 0.273. The first-order valence-electron chi connectivity index (χ1n) is 15.9. The largest absolute Gasteiger partial charge is 0.534 e. The topological polar surface area (TPSA) is 63.0 Å². The molecule has 252 valence electrons. The van der Waals surface area contributed by atoms with Gasteiger partial charge in [0.05, 0.1) is 11.4 Å². The molecule has 0 amide bonds. The summed E-state index contributed by atoms with van der Waals surface area (Å²) in [6, 6.07) is 50.1. The molecular formula is C41H27F3N2O4S. The lowest BCUT2D eigenvalue weighted by Gasteiger charge is -2.26. The maximum atomic E-state index is 13.7. The van der Waals surface area contributed by atoms with E-state index in [2.05, 4.69) is 4.90 Å². The maximum absolute atomic E-state index is 13.7. The average molecular weight is 701 g/mol. The van der Waals surface area contributed by atoms with Gasteiger partial charge >= 0.3 is 15.6 Å². The Morgan fingerprint density at radius 2 is 0.941 bits per heavy atom. The summed E-state index contributed by atoms with van der Waals surface area (Å²) in [6.45, 7) is 0. The van der Waals surface area contributed by atoms with Crippen LogP contribution in [0.2, 0.25) is 0 Å². The van der Waals surface area contributed by atoms with Crippen molar-refractivity contribution in [1.82, 2.24) is 0 Å². The van der Waals surface area contributed by atoms with Crippen molar-refractivity contribution in [3.63, 3.8) is 0 Å². The molecule has 0 bridgehead atoms. The smallest absolute Gasteiger partial charge is 0.452 e. The van der Waals surface area contributed by atoms with Crippen molar-refractivity contribution in [2.45, 2.75) is 5.51 Å². The molecule has 0 spiro atoms. The van der Waals surface area contributed by atoms with E-state index >= 15 is 0 Å². The number of hydrogen-bond donors (Lipinski definition) is 0. The van der Waals surface area contributed by atoms with Gasteiger partial charge in [0.2, 0.25) is 0 Å². The van der Waals surface area contributed by atoms with Gasteiger partial charge < -0.3 is 18.4 Å². The van der Waals surface area contributed by atoms with Gasteiger partial charge in [-0.25, -0.2) is 0 Å². The van der Waals surface area contributed by atoms with Crippen LogP contribution in [0.15, 0.2) is 168 Å². The average Bonchev–Trinajstić information content (AvgIpc) is 3.53. The van der Waals surface area contributed by atoms with E-state index in [0.29, 0.717) is 39.0 Å². The zero-order valence-corrected chi connectivity index (χ0v) is 27.5. The number of furan rings is 1. The van der Waals surface area contributed by atoms with Gasteiger partial charge in [0, 0.05) is 39.6 Å². The third-order valence-corrected chi connectivity index (χ3v) is 9.51. The van der Waals surface area contributed by atoms with E-state index < -0.39 is 21.4 Å². The SMILES string of the molecule is O=S(=O)(Oc1cc(N(c2ccccc2)c2ccccc2)c2oc3c(N(c4ccccc4)c4ccccc4)cc4ccccc4c3c2c1)C(F)(F)F. The Morgan fingerprint density at radius 1 is 0.510 bits per heavy atom. The molecule has 0 radical (unpaired) electrons. The summed E-state index contributed by atoms with van der Waals surface area (Å²) in [5.74, 6) is -0.521. The van der Waals surface area contributed by atoms with E-state index in [1.54, 1.807) is 4.90 Å². The molecule has 0 saturated heterocycles. The van der Waals surface area contributed by atoms with Crippen LogP contribution in [0.5, 0.6) is 5.75 Å². The van der Waals surface area contributed by atoms with Crippen LogP contribution in [0, 0.1) is 0 Å². The standard InChI is InChI=1S/C41H27F3N2O4S/c42-41(43,44)51(47,48)50-33-26-35-38-34-24-14-13-15-28(34)25-36(45(29-16-5-1-6-17-29)30-18-7-2-8-19-30)40(38)49-39(35)37(27-33)46(31-20-9-3-10-21-31)32-22-11-4-12-23-32/h1-27H.